The molecule has 0 radical (unpaired) electrons. The summed E-state index contributed by atoms with van der Waals surface area (Å²) in [7, 11) is 0. The first-order valence-corrected chi connectivity index (χ1v) is 6.85. The zero-order valence-corrected chi connectivity index (χ0v) is 12.6. The van der Waals surface area contributed by atoms with E-state index < -0.39 is 18.5 Å². The van der Waals surface area contributed by atoms with Crippen LogP contribution in [-0.2, 0) is 9.53 Å². The normalized spacial score (nSPS) is 10.1. The topological polar surface area (TPSA) is 75.6 Å². The molecule has 2 N–H and O–H groups in total. The highest BCUT2D eigenvalue weighted by Gasteiger charge is 2.14. The van der Waals surface area contributed by atoms with E-state index in [0.29, 0.717) is 10.7 Å². The summed E-state index contributed by atoms with van der Waals surface area (Å²) in [6, 6.07) is 11.1. The van der Waals surface area contributed by atoms with E-state index in [2.05, 4.69) is 5.32 Å². The maximum atomic E-state index is 11.8. The minimum absolute atomic E-state index is 0.0271. The van der Waals surface area contributed by atoms with Crippen LogP contribution in [0.3, 0.4) is 0 Å². The Morgan fingerprint density at radius 3 is 2.55 bits per heavy atom. The van der Waals surface area contributed by atoms with Crippen LogP contribution in [0.5, 0.6) is 5.75 Å². The second-order valence-corrected chi connectivity index (χ2v) is 5.09. The van der Waals surface area contributed by atoms with Crippen LogP contribution in [-0.4, -0.2) is 23.6 Å². The number of rotatable bonds is 4. The molecular weight excluding hydrogens is 306 g/mol. The lowest BCUT2D eigenvalue weighted by Gasteiger charge is -2.08. The van der Waals surface area contributed by atoms with Crippen molar-refractivity contribution in [2.75, 3.05) is 11.9 Å². The van der Waals surface area contributed by atoms with Crippen LogP contribution < -0.4 is 5.32 Å². The molecule has 5 nitrogen and oxygen atoms in total. The van der Waals surface area contributed by atoms with E-state index in [4.69, 9.17) is 16.3 Å². The first-order valence-electron chi connectivity index (χ1n) is 6.48. The average molecular weight is 320 g/mol. The van der Waals surface area contributed by atoms with Crippen molar-refractivity contribution in [2.24, 2.45) is 0 Å². The number of ether oxygens (including phenoxy) is 1. The Labute approximate surface area is 132 Å². The molecule has 0 bridgehead atoms. The number of anilines is 1. The Morgan fingerprint density at radius 2 is 1.86 bits per heavy atom. The smallest absolute Gasteiger partial charge is 0.342 e. The van der Waals surface area contributed by atoms with Crippen LogP contribution in [0.25, 0.3) is 0 Å². The third kappa shape index (κ3) is 4.23. The minimum Gasteiger partial charge on any atom is -0.507 e. The van der Waals surface area contributed by atoms with Crippen molar-refractivity contribution in [1.82, 2.24) is 0 Å². The summed E-state index contributed by atoms with van der Waals surface area (Å²) in [5.41, 5.74) is 1.37. The number of hydrogen-bond acceptors (Lipinski definition) is 4. The van der Waals surface area contributed by atoms with Crippen molar-refractivity contribution in [3.8, 4) is 5.75 Å². The highest BCUT2D eigenvalue weighted by molar-refractivity contribution is 6.30. The van der Waals surface area contributed by atoms with Crippen LogP contribution in [0.15, 0.2) is 42.5 Å². The monoisotopic (exact) mass is 319 g/mol. The van der Waals surface area contributed by atoms with Crippen LogP contribution >= 0.6 is 11.6 Å². The predicted molar refractivity (Wildman–Crippen MR) is 83.2 cm³/mol. The zero-order valence-electron chi connectivity index (χ0n) is 11.8. The van der Waals surface area contributed by atoms with Crippen LogP contribution in [0.1, 0.15) is 15.9 Å². The largest absolute Gasteiger partial charge is 0.507 e. The number of aromatic hydroxyl groups is 1. The molecule has 0 saturated carbocycles. The van der Waals surface area contributed by atoms with Crippen LogP contribution in [0.4, 0.5) is 5.69 Å². The molecule has 0 fully saturated rings. The number of benzene rings is 2. The van der Waals surface area contributed by atoms with Gasteiger partial charge in [-0.2, -0.15) is 0 Å². The minimum atomic E-state index is -0.757. The third-order valence-electron chi connectivity index (χ3n) is 2.83. The second kappa shape index (κ2) is 6.95. The molecule has 0 aliphatic heterocycles. The summed E-state index contributed by atoms with van der Waals surface area (Å²) < 4.78 is 4.88. The summed E-state index contributed by atoms with van der Waals surface area (Å²) in [6.07, 6.45) is 0. The Bertz CT molecular complexity index is 698. The van der Waals surface area contributed by atoms with E-state index in [1.807, 2.05) is 0 Å². The number of phenolic OH excluding ortho intramolecular Hbond substituents is 1. The maximum Gasteiger partial charge on any atom is 0.342 e. The van der Waals surface area contributed by atoms with E-state index in [9.17, 15) is 14.7 Å². The van der Waals surface area contributed by atoms with Gasteiger partial charge in [-0.25, -0.2) is 4.79 Å². The summed E-state index contributed by atoms with van der Waals surface area (Å²) in [4.78, 5) is 23.5. The van der Waals surface area contributed by atoms with E-state index in [0.717, 1.165) is 5.56 Å². The summed E-state index contributed by atoms with van der Waals surface area (Å²) in [5, 5.41) is 12.7. The molecule has 2 rings (SSSR count). The summed E-state index contributed by atoms with van der Waals surface area (Å²) in [5.74, 6) is -1.43. The molecule has 0 aliphatic rings. The van der Waals surface area contributed by atoms with Crippen molar-refractivity contribution in [2.45, 2.75) is 6.92 Å². The van der Waals surface area contributed by atoms with Gasteiger partial charge in [0.15, 0.2) is 6.61 Å². The van der Waals surface area contributed by atoms with Gasteiger partial charge in [-0.3, -0.25) is 4.79 Å². The lowest BCUT2D eigenvalue weighted by atomic mass is 10.1. The number of aryl methyl sites for hydroxylation is 1. The first-order chi connectivity index (χ1) is 10.5. The van der Waals surface area contributed by atoms with Crippen LogP contribution in [0.2, 0.25) is 5.02 Å². The fourth-order valence-electron chi connectivity index (χ4n) is 1.75. The van der Waals surface area contributed by atoms with Gasteiger partial charge in [0.05, 0.1) is 0 Å². The molecule has 0 unspecified atom stereocenters. The summed E-state index contributed by atoms with van der Waals surface area (Å²) in [6.45, 7) is 1.33. The SMILES string of the molecule is Cc1ccc(O)c(C(=O)OCC(=O)Nc2ccc(Cl)cc2)c1. The van der Waals surface area contributed by atoms with Crippen molar-refractivity contribution >= 4 is 29.2 Å². The van der Waals surface area contributed by atoms with Crippen molar-refractivity contribution in [3.63, 3.8) is 0 Å². The van der Waals surface area contributed by atoms with E-state index in [-0.39, 0.29) is 11.3 Å². The van der Waals surface area contributed by atoms with E-state index in [1.165, 1.54) is 12.1 Å². The van der Waals surface area contributed by atoms with Gasteiger partial charge < -0.3 is 15.2 Å². The van der Waals surface area contributed by atoms with Gasteiger partial charge in [-0.05, 0) is 43.3 Å². The molecule has 2 aromatic rings. The van der Waals surface area contributed by atoms with E-state index >= 15 is 0 Å². The van der Waals surface area contributed by atoms with Gasteiger partial charge in [0, 0.05) is 10.7 Å². The number of phenols is 1. The van der Waals surface area contributed by atoms with Gasteiger partial charge in [0.25, 0.3) is 5.91 Å². The average Bonchev–Trinajstić information content (AvgIpc) is 2.49. The number of carbonyl (C=O) groups is 2. The molecular formula is C16H14ClNO4. The van der Waals surface area contributed by atoms with Gasteiger partial charge in [-0.15, -0.1) is 0 Å². The molecule has 2 aromatic carbocycles. The molecule has 0 heterocycles. The molecule has 0 atom stereocenters. The zero-order chi connectivity index (χ0) is 16.1. The number of nitrogens with one attached hydrogen (secondary N) is 1. The number of carbonyl (C=O) groups excluding carboxylic acids is 2. The van der Waals surface area contributed by atoms with Gasteiger partial charge in [0.1, 0.15) is 11.3 Å². The highest BCUT2D eigenvalue weighted by Crippen LogP contribution is 2.19. The number of esters is 1. The standard InChI is InChI=1S/C16H14ClNO4/c1-10-2-7-14(19)13(8-10)16(21)22-9-15(20)18-12-5-3-11(17)4-6-12/h2-8,19H,9H2,1H3,(H,18,20). The van der Waals surface area contributed by atoms with Crippen LogP contribution in [0, 0.1) is 6.92 Å². The van der Waals surface area contributed by atoms with Crippen molar-refractivity contribution in [1.29, 1.82) is 0 Å². The van der Waals surface area contributed by atoms with Crippen molar-refractivity contribution < 1.29 is 19.4 Å². The molecule has 0 spiro atoms. The van der Waals surface area contributed by atoms with Gasteiger partial charge in [0.2, 0.25) is 0 Å². The Kier molecular flexibility index (Phi) is 5.01. The van der Waals surface area contributed by atoms with Gasteiger partial charge in [-0.1, -0.05) is 23.2 Å². The first kappa shape index (κ1) is 15.9. The van der Waals surface area contributed by atoms with E-state index in [1.54, 1.807) is 37.3 Å². The lowest BCUT2D eigenvalue weighted by molar-refractivity contribution is -0.119. The summed E-state index contributed by atoms with van der Waals surface area (Å²) >= 11 is 5.74. The Hall–Kier alpha value is -2.53. The molecule has 114 valence electrons. The quantitative estimate of drug-likeness (QED) is 0.849. The molecule has 6 heteroatoms. The molecule has 22 heavy (non-hydrogen) atoms. The highest BCUT2D eigenvalue weighted by atomic mass is 35.5. The maximum absolute atomic E-state index is 11.8. The predicted octanol–water partition coefficient (Wildman–Crippen LogP) is 3.15. The van der Waals surface area contributed by atoms with Gasteiger partial charge >= 0.3 is 5.97 Å². The number of halogens is 1. The fourth-order valence-corrected chi connectivity index (χ4v) is 1.88. The number of amides is 1. The number of hydrogen-bond donors (Lipinski definition) is 2. The lowest BCUT2D eigenvalue weighted by Crippen LogP contribution is -2.21. The molecule has 0 saturated heterocycles. The fraction of sp³-hybridized carbons (Fsp3) is 0.125. The molecule has 0 aromatic heterocycles. The third-order valence-corrected chi connectivity index (χ3v) is 3.09. The molecule has 1 amide bonds. The Balaban J connectivity index is 1.91. The Morgan fingerprint density at radius 1 is 1.18 bits per heavy atom. The molecule has 0 aliphatic carbocycles. The second-order valence-electron chi connectivity index (χ2n) is 4.65. The van der Waals surface area contributed by atoms with Crippen molar-refractivity contribution in [3.05, 3.63) is 58.6 Å².